The molecular weight excluding hydrogens is 304 g/mol. The number of nitrogens with zero attached hydrogens (tertiary/aromatic N) is 1. The number of rotatable bonds is 3. The summed E-state index contributed by atoms with van der Waals surface area (Å²) in [6.45, 7) is 3.71. The summed E-state index contributed by atoms with van der Waals surface area (Å²) >= 11 is 2.98. The Balaban J connectivity index is 2.01. The molecule has 0 aliphatic heterocycles. The van der Waals surface area contributed by atoms with Gasteiger partial charge in [-0.2, -0.15) is 0 Å². The minimum Gasteiger partial charge on any atom is -0.313 e. The van der Waals surface area contributed by atoms with Gasteiger partial charge in [-0.05, 0) is 43.0 Å². The average Bonchev–Trinajstić information content (AvgIpc) is 3.05. The van der Waals surface area contributed by atoms with Crippen molar-refractivity contribution in [3.05, 3.63) is 55.1 Å². The standard InChI is InChI=1S/C15H12N2O2S2/c1-8-11-5-6-20-15(11)17-14(19)13(8)12(18)4-3-10-7-21-9(2)16-10/h3-7H,1-2H3,(H,17,19). The van der Waals surface area contributed by atoms with E-state index >= 15 is 0 Å². The highest BCUT2D eigenvalue weighted by atomic mass is 32.1. The second-order valence-corrected chi connectivity index (χ2v) is 6.58. The number of allylic oxidation sites excluding steroid dienone is 1. The van der Waals surface area contributed by atoms with Crippen LogP contribution < -0.4 is 5.56 Å². The molecular formula is C15H12N2O2S2. The van der Waals surface area contributed by atoms with Crippen molar-refractivity contribution < 1.29 is 4.79 Å². The predicted octanol–water partition coefficient (Wildman–Crippen LogP) is 3.56. The highest BCUT2D eigenvalue weighted by molar-refractivity contribution is 7.16. The minimum atomic E-state index is -0.341. The number of fused-ring (bicyclic) bond motifs is 1. The minimum absolute atomic E-state index is 0.198. The van der Waals surface area contributed by atoms with E-state index in [9.17, 15) is 9.59 Å². The number of aromatic amines is 1. The second-order valence-electron chi connectivity index (χ2n) is 4.61. The zero-order valence-corrected chi connectivity index (χ0v) is 13.1. The molecule has 0 amide bonds. The number of aryl methyl sites for hydroxylation is 2. The fourth-order valence-corrected chi connectivity index (χ4v) is 3.59. The molecule has 6 heteroatoms. The van der Waals surface area contributed by atoms with Crippen LogP contribution in [-0.2, 0) is 0 Å². The van der Waals surface area contributed by atoms with Crippen molar-refractivity contribution >= 4 is 44.7 Å². The van der Waals surface area contributed by atoms with Gasteiger partial charge in [-0.1, -0.05) is 0 Å². The maximum atomic E-state index is 12.3. The number of nitrogens with one attached hydrogen (secondary N) is 1. The Morgan fingerprint density at radius 2 is 2.14 bits per heavy atom. The van der Waals surface area contributed by atoms with Crippen molar-refractivity contribution in [3.8, 4) is 0 Å². The van der Waals surface area contributed by atoms with E-state index in [0.29, 0.717) is 0 Å². The van der Waals surface area contributed by atoms with E-state index in [4.69, 9.17) is 0 Å². The van der Waals surface area contributed by atoms with Crippen LogP contribution in [0.3, 0.4) is 0 Å². The van der Waals surface area contributed by atoms with Crippen molar-refractivity contribution in [3.63, 3.8) is 0 Å². The lowest BCUT2D eigenvalue weighted by Crippen LogP contribution is -2.18. The van der Waals surface area contributed by atoms with E-state index in [1.807, 2.05) is 23.8 Å². The molecule has 3 heterocycles. The van der Waals surface area contributed by atoms with Crippen molar-refractivity contribution in [1.82, 2.24) is 9.97 Å². The van der Waals surface area contributed by atoms with E-state index in [-0.39, 0.29) is 16.9 Å². The maximum absolute atomic E-state index is 12.3. The number of thiazole rings is 1. The summed E-state index contributed by atoms with van der Waals surface area (Å²) in [5.74, 6) is -0.299. The highest BCUT2D eigenvalue weighted by Crippen LogP contribution is 2.22. The number of thiophene rings is 1. The first-order valence-corrected chi connectivity index (χ1v) is 8.07. The summed E-state index contributed by atoms with van der Waals surface area (Å²) in [6, 6.07) is 1.91. The number of carbonyl (C=O) groups is 1. The molecule has 0 fully saturated rings. The van der Waals surface area contributed by atoms with Crippen LogP contribution >= 0.6 is 22.7 Å². The highest BCUT2D eigenvalue weighted by Gasteiger charge is 2.15. The summed E-state index contributed by atoms with van der Waals surface area (Å²) in [6.07, 6.45) is 3.05. The van der Waals surface area contributed by atoms with Crippen LogP contribution in [0, 0.1) is 13.8 Å². The summed E-state index contributed by atoms with van der Waals surface area (Å²) in [5.41, 5.74) is 1.31. The molecule has 0 atom stereocenters. The molecule has 0 saturated carbocycles. The molecule has 0 spiro atoms. The van der Waals surface area contributed by atoms with E-state index < -0.39 is 0 Å². The first kappa shape index (κ1) is 13.9. The molecule has 3 aromatic heterocycles. The SMILES string of the molecule is Cc1nc(C=CC(=O)c2c(C)c3ccsc3[nH]c2=O)cs1. The molecule has 21 heavy (non-hydrogen) atoms. The number of hydrogen-bond donors (Lipinski definition) is 1. The first-order chi connectivity index (χ1) is 10.1. The van der Waals surface area contributed by atoms with Gasteiger partial charge in [-0.15, -0.1) is 22.7 Å². The fourth-order valence-electron chi connectivity index (χ4n) is 2.17. The predicted molar refractivity (Wildman–Crippen MR) is 87.4 cm³/mol. The van der Waals surface area contributed by atoms with Crippen molar-refractivity contribution in [2.24, 2.45) is 0 Å². The first-order valence-electron chi connectivity index (χ1n) is 6.31. The maximum Gasteiger partial charge on any atom is 0.260 e. The average molecular weight is 316 g/mol. The monoisotopic (exact) mass is 316 g/mol. The lowest BCUT2D eigenvalue weighted by molar-refractivity contribution is 0.104. The zero-order chi connectivity index (χ0) is 15.0. The van der Waals surface area contributed by atoms with Gasteiger partial charge in [-0.25, -0.2) is 4.98 Å². The lowest BCUT2D eigenvalue weighted by atomic mass is 10.0. The molecule has 0 saturated heterocycles. The lowest BCUT2D eigenvalue weighted by Gasteiger charge is -2.02. The van der Waals surface area contributed by atoms with Crippen molar-refractivity contribution in [2.45, 2.75) is 13.8 Å². The van der Waals surface area contributed by atoms with Crippen molar-refractivity contribution in [2.75, 3.05) is 0 Å². The normalized spacial score (nSPS) is 11.5. The molecule has 0 radical (unpaired) electrons. The van der Waals surface area contributed by atoms with Crippen LogP contribution in [0.1, 0.15) is 26.6 Å². The van der Waals surface area contributed by atoms with Gasteiger partial charge in [0.15, 0.2) is 5.78 Å². The third-order valence-corrected chi connectivity index (χ3v) is 4.81. The molecule has 0 aliphatic rings. The third-order valence-electron chi connectivity index (χ3n) is 3.19. The smallest absolute Gasteiger partial charge is 0.260 e. The van der Waals surface area contributed by atoms with Crippen LogP contribution in [0.2, 0.25) is 0 Å². The second kappa shape index (κ2) is 5.38. The van der Waals surface area contributed by atoms with Gasteiger partial charge in [0.2, 0.25) is 0 Å². The Hall–Kier alpha value is -2.05. The topological polar surface area (TPSA) is 62.8 Å². The molecule has 3 rings (SSSR count). The van der Waals surface area contributed by atoms with Gasteiger partial charge >= 0.3 is 0 Å². The number of pyridine rings is 1. The molecule has 0 aromatic carbocycles. The summed E-state index contributed by atoms with van der Waals surface area (Å²) in [7, 11) is 0. The van der Waals surface area contributed by atoms with Gasteiger partial charge < -0.3 is 4.98 Å². The van der Waals surface area contributed by atoms with Crippen LogP contribution in [0.25, 0.3) is 16.3 Å². The Bertz CT molecular complexity index is 915. The Morgan fingerprint density at radius 3 is 2.86 bits per heavy atom. The van der Waals surface area contributed by atoms with Gasteiger partial charge in [0.25, 0.3) is 5.56 Å². The Kier molecular flexibility index (Phi) is 3.57. The van der Waals surface area contributed by atoms with E-state index in [1.54, 1.807) is 13.0 Å². The van der Waals surface area contributed by atoms with E-state index in [2.05, 4.69) is 9.97 Å². The van der Waals surface area contributed by atoms with Crippen LogP contribution in [0.15, 0.2) is 27.7 Å². The van der Waals surface area contributed by atoms with Gasteiger partial charge in [-0.3, -0.25) is 9.59 Å². The molecule has 106 valence electrons. The largest absolute Gasteiger partial charge is 0.313 e. The zero-order valence-electron chi connectivity index (χ0n) is 11.5. The van der Waals surface area contributed by atoms with Crippen LogP contribution in [0.5, 0.6) is 0 Å². The molecule has 0 bridgehead atoms. The Morgan fingerprint density at radius 1 is 1.33 bits per heavy atom. The van der Waals surface area contributed by atoms with Crippen LogP contribution in [0.4, 0.5) is 0 Å². The molecule has 3 aromatic rings. The molecule has 4 nitrogen and oxygen atoms in total. The molecule has 0 aliphatic carbocycles. The van der Waals surface area contributed by atoms with Gasteiger partial charge in [0, 0.05) is 10.8 Å². The van der Waals surface area contributed by atoms with E-state index in [0.717, 1.165) is 26.5 Å². The number of H-pyrrole nitrogens is 1. The summed E-state index contributed by atoms with van der Waals surface area (Å²) in [5, 5.41) is 5.63. The number of hydrogen-bond acceptors (Lipinski definition) is 5. The van der Waals surface area contributed by atoms with Gasteiger partial charge in [0.05, 0.1) is 16.3 Å². The third kappa shape index (κ3) is 2.59. The number of carbonyl (C=O) groups excluding carboxylic acids is 1. The summed E-state index contributed by atoms with van der Waals surface area (Å²) in [4.78, 5) is 32.2. The van der Waals surface area contributed by atoms with Crippen LogP contribution in [-0.4, -0.2) is 15.8 Å². The van der Waals surface area contributed by atoms with E-state index in [1.165, 1.54) is 28.7 Å². The van der Waals surface area contributed by atoms with Crippen molar-refractivity contribution in [1.29, 1.82) is 0 Å². The quantitative estimate of drug-likeness (QED) is 0.593. The molecule has 0 unspecified atom stereocenters. The fraction of sp³-hybridized carbons (Fsp3) is 0.133. The van der Waals surface area contributed by atoms with Gasteiger partial charge in [0.1, 0.15) is 4.83 Å². The number of ketones is 1. The Labute approximate surface area is 128 Å². The molecule has 1 N–H and O–H groups in total. The summed E-state index contributed by atoms with van der Waals surface area (Å²) < 4.78 is 0. The number of aromatic nitrogens is 2.